The second-order valence-corrected chi connectivity index (χ2v) is 6.31. The van der Waals surface area contributed by atoms with Gasteiger partial charge in [-0.1, -0.05) is 0 Å². The summed E-state index contributed by atoms with van der Waals surface area (Å²) >= 11 is 0. The summed E-state index contributed by atoms with van der Waals surface area (Å²) in [6.07, 6.45) is 0.00714. The number of ether oxygens (including phenoxy) is 1. The van der Waals surface area contributed by atoms with E-state index in [-0.39, 0.29) is 12.0 Å². The van der Waals surface area contributed by atoms with Crippen LogP contribution in [-0.2, 0) is 9.53 Å². The summed E-state index contributed by atoms with van der Waals surface area (Å²) in [5, 5.41) is 0. The highest BCUT2D eigenvalue weighted by atomic mass is 16.5. The molecule has 23 heavy (non-hydrogen) atoms. The van der Waals surface area contributed by atoms with Crippen LogP contribution in [0, 0.1) is 6.92 Å². The van der Waals surface area contributed by atoms with E-state index in [1.165, 1.54) is 0 Å². The average molecular weight is 319 g/mol. The Balaban J connectivity index is 1.74. The van der Waals surface area contributed by atoms with Gasteiger partial charge < -0.3 is 19.4 Å². The number of carbonyl (C=O) groups excluding carboxylic acids is 1. The van der Waals surface area contributed by atoms with Crippen LogP contribution in [0.4, 0.5) is 5.82 Å². The first-order valence-electron chi connectivity index (χ1n) is 8.19. The first kappa shape index (κ1) is 16.1. The molecular weight excluding hydrogens is 294 g/mol. The van der Waals surface area contributed by atoms with Crippen LogP contribution in [0.2, 0.25) is 0 Å². The highest BCUT2D eigenvalue weighted by Gasteiger charge is 2.24. The van der Waals surface area contributed by atoms with Gasteiger partial charge in [-0.15, -0.1) is 0 Å². The third-order valence-corrected chi connectivity index (χ3v) is 4.49. The standard InChI is InChI=1S/C16H25N5O2/c1-12-17-14(15-11-19(3)8-9-23-15)10-16(18-12)21-6-4-20(5-7-21)13(2)22/h10,15H,4-9,11H2,1-3H3/t15-/m0/s1. The van der Waals surface area contributed by atoms with Gasteiger partial charge in [-0.25, -0.2) is 9.97 Å². The van der Waals surface area contributed by atoms with Gasteiger partial charge in [0.25, 0.3) is 0 Å². The predicted molar refractivity (Wildman–Crippen MR) is 87.4 cm³/mol. The number of piperazine rings is 1. The van der Waals surface area contributed by atoms with Crippen molar-refractivity contribution in [1.29, 1.82) is 0 Å². The van der Waals surface area contributed by atoms with Crippen LogP contribution in [0.1, 0.15) is 24.5 Å². The van der Waals surface area contributed by atoms with E-state index in [1.54, 1.807) is 6.92 Å². The number of amides is 1. The van der Waals surface area contributed by atoms with E-state index in [0.717, 1.165) is 63.2 Å². The molecule has 0 aliphatic carbocycles. The Morgan fingerprint density at radius 2 is 1.96 bits per heavy atom. The molecule has 7 nitrogen and oxygen atoms in total. The van der Waals surface area contributed by atoms with Crippen molar-refractivity contribution in [2.45, 2.75) is 20.0 Å². The van der Waals surface area contributed by atoms with Crippen LogP contribution in [0.5, 0.6) is 0 Å². The van der Waals surface area contributed by atoms with Gasteiger partial charge >= 0.3 is 0 Å². The van der Waals surface area contributed by atoms with Gasteiger partial charge in [0.2, 0.25) is 5.91 Å². The van der Waals surface area contributed by atoms with E-state index in [1.807, 2.05) is 17.9 Å². The Labute approximate surface area is 137 Å². The zero-order chi connectivity index (χ0) is 16.4. The highest BCUT2D eigenvalue weighted by molar-refractivity contribution is 5.73. The monoisotopic (exact) mass is 319 g/mol. The fourth-order valence-corrected chi connectivity index (χ4v) is 3.11. The molecule has 1 aromatic rings. The maximum atomic E-state index is 11.4. The minimum atomic E-state index is 0.00714. The third kappa shape index (κ3) is 3.79. The number of nitrogens with zero attached hydrogens (tertiary/aromatic N) is 5. The van der Waals surface area contributed by atoms with Crippen molar-refractivity contribution in [2.24, 2.45) is 0 Å². The molecule has 1 atom stereocenters. The SMILES string of the molecule is CC(=O)N1CCN(c2cc([C@@H]3CN(C)CCO3)nc(C)n2)CC1. The highest BCUT2D eigenvalue weighted by Crippen LogP contribution is 2.24. The summed E-state index contributed by atoms with van der Waals surface area (Å²) in [5.74, 6) is 1.85. The summed E-state index contributed by atoms with van der Waals surface area (Å²) in [5.41, 5.74) is 0.952. The molecule has 3 heterocycles. The van der Waals surface area contributed by atoms with Gasteiger partial charge in [0.15, 0.2) is 0 Å². The van der Waals surface area contributed by atoms with Gasteiger partial charge in [0, 0.05) is 52.3 Å². The molecule has 7 heteroatoms. The topological polar surface area (TPSA) is 61.8 Å². The molecule has 0 aromatic carbocycles. The average Bonchev–Trinajstić information content (AvgIpc) is 2.54. The zero-order valence-electron chi connectivity index (χ0n) is 14.2. The molecule has 0 bridgehead atoms. The fraction of sp³-hybridized carbons (Fsp3) is 0.688. The van der Waals surface area contributed by atoms with Crippen molar-refractivity contribution >= 4 is 11.7 Å². The Bertz CT molecular complexity index is 572. The molecular formula is C16H25N5O2. The second-order valence-electron chi connectivity index (χ2n) is 6.31. The van der Waals surface area contributed by atoms with Gasteiger partial charge in [0.1, 0.15) is 17.7 Å². The first-order chi connectivity index (χ1) is 11.0. The van der Waals surface area contributed by atoms with Crippen LogP contribution < -0.4 is 4.90 Å². The van der Waals surface area contributed by atoms with Crippen LogP contribution in [0.15, 0.2) is 6.07 Å². The van der Waals surface area contributed by atoms with E-state index >= 15 is 0 Å². The van der Waals surface area contributed by atoms with E-state index in [9.17, 15) is 4.79 Å². The number of hydrogen-bond donors (Lipinski definition) is 0. The van der Waals surface area contributed by atoms with Crippen molar-refractivity contribution in [2.75, 3.05) is 57.8 Å². The summed E-state index contributed by atoms with van der Waals surface area (Å²) < 4.78 is 5.88. The summed E-state index contributed by atoms with van der Waals surface area (Å²) in [6.45, 7) is 9.20. The summed E-state index contributed by atoms with van der Waals surface area (Å²) in [7, 11) is 2.10. The maximum absolute atomic E-state index is 11.4. The van der Waals surface area contributed by atoms with Crippen molar-refractivity contribution in [3.8, 4) is 0 Å². The molecule has 2 saturated heterocycles. The molecule has 1 aromatic heterocycles. The lowest BCUT2D eigenvalue weighted by atomic mass is 10.2. The number of carbonyl (C=O) groups is 1. The van der Waals surface area contributed by atoms with Gasteiger partial charge in [-0.2, -0.15) is 0 Å². The predicted octanol–water partition coefficient (Wildman–Crippen LogP) is 0.457. The Morgan fingerprint density at radius 3 is 2.61 bits per heavy atom. The minimum absolute atomic E-state index is 0.00714. The molecule has 0 spiro atoms. The van der Waals surface area contributed by atoms with Crippen LogP contribution in [0.3, 0.4) is 0 Å². The van der Waals surface area contributed by atoms with E-state index < -0.39 is 0 Å². The molecule has 0 saturated carbocycles. The lowest BCUT2D eigenvalue weighted by Gasteiger charge is -2.35. The molecule has 2 fully saturated rings. The lowest BCUT2D eigenvalue weighted by molar-refractivity contribution is -0.129. The van der Waals surface area contributed by atoms with Gasteiger partial charge in [-0.05, 0) is 14.0 Å². The lowest BCUT2D eigenvalue weighted by Crippen LogP contribution is -2.48. The van der Waals surface area contributed by atoms with Crippen molar-refractivity contribution in [3.63, 3.8) is 0 Å². The Morgan fingerprint density at radius 1 is 1.22 bits per heavy atom. The smallest absolute Gasteiger partial charge is 0.219 e. The normalized spacial score (nSPS) is 23.2. The molecule has 0 radical (unpaired) electrons. The van der Waals surface area contributed by atoms with Gasteiger partial charge in [0.05, 0.1) is 12.3 Å². The maximum Gasteiger partial charge on any atom is 0.219 e. The van der Waals surface area contributed by atoms with Gasteiger partial charge in [-0.3, -0.25) is 4.79 Å². The molecule has 2 aliphatic heterocycles. The number of aryl methyl sites for hydroxylation is 1. The third-order valence-electron chi connectivity index (χ3n) is 4.49. The van der Waals surface area contributed by atoms with E-state index in [4.69, 9.17) is 4.74 Å². The van der Waals surface area contributed by atoms with Crippen molar-refractivity contribution < 1.29 is 9.53 Å². The van der Waals surface area contributed by atoms with Crippen molar-refractivity contribution in [3.05, 3.63) is 17.6 Å². The molecule has 126 valence electrons. The Kier molecular flexibility index (Phi) is 4.77. The molecule has 3 rings (SSSR count). The van der Waals surface area contributed by atoms with Crippen molar-refractivity contribution in [1.82, 2.24) is 19.8 Å². The quantitative estimate of drug-likeness (QED) is 0.789. The molecule has 0 N–H and O–H groups in total. The first-order valence-corrected chi connectivity index (χ1v) is 8.19. The largest absolute Gasteiger partial charge is 0.369 e. The Hall–Kier alpha value is -1.73. The summed E-state index contributed by atoms with van der Waals surface area (Å²) in [4.78, 5) is 27.0. The van der Waals surface area contributed by atoms with Crippen LogP contribution >= 0.6 is 0 Å². The number of likely N-dealkylation sites (N-methyl/N-ethyl adjacent to an activating group) is 1. The number of anilines is 1. The zero-order valence-corrected chi connectivity index (χ0v) is 14.2. The van der Waals surface area contributed by atoms with E-state index in [0.29, 0.717) is 0 Å². The number of morpholine rings is 1. The summed E-state index contributed by atoms with van der Waals surface area (Å²) in [6, 6.07) is 2.04. The number of hydrogen-bond acceptors (Lipinski definition) is 6. The minimum Gasteiger partial charge on any atom is -0.369 e. The van der Waals surface area contributed by atoms with E-state index in [2.05, 4.69) is 26.8 Å². The second kappa shape index (κ2) is 6.80. The molecule has 2 aliphatic rings. The number of rotatable bonds is 2. The molecule has 0 unspecified atom stereocenters. The van der Waals surface area contributed by atoms with Crippen LogP contribution in [0.25, 0.3) is 0 Å². The fourth-order valence-electron chi connectivity index (χ4n) is 3.11. The molecule has 1 amide bonds. The number of aromatic nitrogens is 2. The van der Waals surface area contributed by atoms with Crippen LogP contribution in [-0.4, -0.2) is 78.6 Å².